The van der Waals surface area contributed by atoms with Gasteiger partial charge in [-0.2, -0.15) is 0 Å². The molecule has 0 saturated heterocycles. The molecule has 0 aromatic heterocycles. The second-order valence-corrected chi connectivity index (χ2v) is 7.75. The summed E-state index contributed by atoms with van der Waals surface area (Å²) in [6.45, 7) is 2.09. The van der Waals surface area contributed by atoms with E-state index in [0.29, 0.717) is 12.0 Å². The van der Waals surface area contributed by atoms with E-state index in [0.717, 1.165) is 32.5 Å². The normalized spacial score (nSPS) is 21.0. The Hall–Kier alpha value is -0.510. The number of hydrogen-bond donors (Lipinski definition) is 1. The maximum atomic E-state index is 6.27. The number of benzene rings is 2. The fraction of sp³-hybridized carbons (Fsp3) is 0.294. The van der Waals surface area contributed by atoms with Crippen molar-refractivity contribution in [2.24, 2.45) is 0 Å². The van der Waals surface area contributed by atoms with E-state index in [-0.39, 0.29) is 0 Å². The molecular weight excluding hydrogens is 413 g/mol. The first-order valence-electron chi connectivity index (χ1n) is 7.01. The van der Waals surface area contributed by atoms with Crippen LogP contribution >= 0.6 is 43.5 Å². The van der Waals surface area contributed by atoms with E-state index < -0.39 is 0 Å². The third kappa shape index (κ3) is 3.30. The van der Waals surface area contributed by atoms with Gasteiger partial charge < -0.3 is 5.32 Å². The van der Waals surface area contributed by atoms with Gasteiger partial charge in [-0.15, -0.1) is 0 Å². The molecule has 0 heterocycles. The van der Waals surface area contributed by atoms with E-state index >= 15 is 0 Å². The molecule has 0 atom stereocenters. The van der Waals surface area contributed by atoms with Gasteiger partial charge in [0.15, 0.2) is 0 Å². The first-order chi connectivity index (χ1) is 10.0. The Labute approximate surface area is 147 Å². The Morgan fingerprint density at radius 2 is 1.71 bits per heavy atom. The van der Waals surface area contributed by atoms with E-state index in [9.17, 15) is 0 Å². The summed E-state index contributed by atoms with van der Waals surface area (Å²) in [5, 5.41) is 4.51. The van der Waals surface area contributed by atoms with E-state index in [2.05, 4.69) is 68.4 Å². The summed E-state index contributed by atoms with van der Waals surface area (Å²) >= 11 is 13.5. The zero-order valence-electron chi connectivity index (χ0n) is 11.7. The molecule has 0 bridgehead atoms. The van der Waals surface area contributed by atoms with Crippen LogP contribution in [0.3, 0.4) is 0 Å². The van der Waals surface area contributed by atoms with Crippen LogP contribution in [0.15, 0.2) is 45.3 Å². The molecule has 0 radical (unpaired) electrons. The highest BCUT2D eigenvalue weighted by molar-refractivity contribution is 9.11. The van der Waals surface area contributed by atoms with Crippen molar-refractivity contribution < 1.29 is 0 Å². The molecule has 21 heavy (non-hydrogen) atoms. The molecule has 2 aromatic rings. The second-order valence-electron chi connectivity index (χ2n) is 5.63. The lowest BCUT2D eigenvalue weighted by Crippen LogP contribution is -2.34. The van der Waals surface area contributed by atoms with Crippen LogP contribution in [0.25, 0.3) is 0 Å². The molecule has 1 fully saturated rings. The van der Waals surface area contributed by atoms with Gasteiger partial charge in [-0.05, 0) is 86.9 Å². The Balaban J connectivity index is 1.67. The second kappa shape index (κ2) is 6.31. The summed E-state index contributed by atoms with van der Waals surface area (Å²) in [6, 6.07) is 12.9. The van der Waals surface area contributed by atoms with Crippen LogP contribution in [0.4, 0.5) is 5.69 Å². The Kier molecular flexibility index (Phi) is 4.63. The summed E-state index contributed by atoms with van der Waals surface area (Å²) in [5.41, 5.74) is 3.66. The molecule has 1 aliphatic carbocycles. The minimum absolute atomic E-state index is 0.501. The zero-order chi connectivity index (χ0) is 15.0. The molecule has 0 spiro atoms. The fourth-order valence-electron chi connectivity index (χ4n) is 2.84. The third-order valence-electron chi connectivity index (χ3n) is 4.02. The molecule has 0 aliphatic heterocycles. The van der Waals surface area contributed by atoms with Gasteiger partial charge in [0.05, 0.1) is 5.69 Å². The highest BCUT2D eigenvalue weighted by atomic mass is 79.9. The summed E-state index contributed by atoms with van der Waals surface area (Å²) in [6.07, 6.45) is 2.24. The van der Waals surface area contributed by atoms with Gasteiger partial charge in [0.2, 0.25) is 0 Å². The van der Waals surface area contributed by atoms with Crippen LogP contribution in [0.2, 0.25) is 5.02 Å². The Morgan fingerprint density at radius 3 is 2.33 bits per heavy atom. The van der Waals surface area contributed by atoms with Gasteiger partial charge in [0.25, 0.3) is 0 Å². The van der Waals surface area contributed by atoms with E-state index in [4.69, 9.17) is 11.6 Å². The molecule has 1 aliphatic rings. The average molecular weight is 430 g/mol. The topological polar surface area (TPSA) is 12.0 Å². The summed E-state index contributed by atoms with van der Waals surface area (Å²) in [4.78, 5) is 0. The van der Waals surface area contributed by atoms with Gasteiger partial charge in [0.1, 0.15) is 0 Å². The molecule has 3 rings (SSSR count). The van der Waals surface area contributed by atoms with Crippen LogP contribution in [0.5, 0.6) is 0 Å². The van der Waals surface area contributed by atoms with Crippen molar-refractivity contribution in [2.75, 3.05) is 5.32 Å². The maximum Gasteiger partial charge on any atom is 0.0631 e. The number of rotatable bonds is 3. The predicted octanol–water partition coefficient (Wildman–Crippen LogP) is 6.53. The number of halogens is 3. The minimum Gasteiger partial charge on any atom is -0.380 e. The molecule has 1 nitrogen and oxygen atoms in total. The maximum absolute atomic E-state index is 6.27. The lowest BCUT2D eigenvalue weighted by molar-refractivity contribution is 0.374. The molecule has 110 valence electrons. The van der Waals surface area contributed by atoms with Crippen molar-refractivity contribution in [3.05, 3.63) is 61.5 Å². The van der Waals surface area contributed by atoms with Gasteiger partial charge in [0, 0.05) is 20.0 Å². The molecule has 1 saturated carbocycles. The van der Waals surface area contributed by atoms with Crippen molar-refractivity contribution in [3.8, 4) is 0 Å². The molecule has 2 aromatic carbocycles. The lowest BCUT2D eigenvalue weighted by atomic mass is 9.76. The quantitative estimate of drug-likeness (QED) is 0.585. The van der Waals surface area contributed by atoms with Crippen LogP contribution in [0.1, 0.15) is 29.9 Å². The Morgan fingerprint density at radius 1 is 1.10 bits per heavy atom. The largest absolute Gasteiger partial charge is 0.380 e. The Bertz CT molecular complexity index is 643. The molecule has 1 N–H and O–H groups in total. The van der Waals surface area contributed by atoms with Crippen molar-refractivity contribution in [3.63, 3.8) is 0 Å². The van der Waals surface area contributed by atoms with Gasteiger partial charge in [-0.1, -0.05) is 29.8 Å². The monoisotopic (exact) mass is 427 g/mol. The van der Waals surface area contributed by atoms with Crippen LogP contribution in [0, 0.1) is 6.92 Å². The molecular formula is C17H16Br2ClN. The van der Waals surface area contributed by atoms with Gasteiger partial charge in [-0.25, -0.2) is 0 Å². The van der Waals surface area contributed by atoms with E-state index in [1.165, 1.54) is 11.1 Å². The summed E-state index contributed by atoms with van der Waals surface area (Å²) < 4.78 is 2.21. The molecule has 4 heteroatoms. The SMILES string of the molecule is Cc1cc(Br)c(NC2CC(c3ccccc3Cl)C2)c(Br)c1. The third-order valence-corrected chi connectivity index (χ3v) is 5.61. The number of nitrogens with one attached hydrogen (secondary N) is 1. The number of hydrogen-bond acceptors (Lipinski definition) is 1. The fourth-order valence-corrected chi connectivity index (χ4v) is 4.77. The molecule has 0 amide bonds. The van der Waals surface area contributed by atoms with Crippen LogP contribution in [-0.4, -0.2) is 6.04 Å². The lowest BCUT2D eigenvalue weighted by Gasteiger charge is -2.37. The van der Waals surface area contributed by atoms with Gasteiger partial charge in [-0.3, -0.25) is 0 Å². The summed E-state index contributed by atoms with van der Waals surface area (Å²) in [5.74, 6) is 0.569. The van der Waals surface area contributed by atoms with Crippen molar-refractivity contribution >= 4 is 49.1 Å². The van der Waals surface area contributed by atoms with E-state index in [1.54, 1.807) is 0 Å². The number of aryl methyl sites for hydroxylation is 1. The highest BCUT2D eigenvalue weighted by Crippen LogP contribution is 2.43. The van der Waals surface area contributed by atoms with Crippen LogP contribution < -0.4 is 5.32 Å². The average Bonchev–Trinajstić information content (AvgIpc) is 2.37. The summed E-state index contributed by atoms with van der Waals surface area (Å²) in [7, 11) is 0. The van der Waals surface area contributed by atoms with Crippen molar-refractivity contribution in [2.45, 2.75) is 31.7 Å². The zero-order valence-corrected chi connectivity index (χ0v) is 15.6. The first-order valence-corrected chi connectivity index (χ1v) is 8.97. The smallest absolute Gasteiger partial charge is 0.0631 e. The van der Waals surface area contributed by atoms with Crippen LogP contribution in [-0.2, 0) is 0 Å². The first kappa shape index (κ1) is 15.4. The van der Waals surface area contributed by atoms with Crippen molar-refractivity contribution in [1.82, 2.24) is 0 Å². The standard InChI is InChI=1S/C17H16Br2ClN/c1-10-6-14(18)17(15(19)7-10)21-12-8-11(9-12)13-4-2-3-5-16(13)20/h2-7,11-12,21H,8-9H2,1H3. The predicted molar refractivity (Wildman–Crippen MR) is 97.4 cm³/mol. The van der Waals surface area contributed by atoms with Gasteiger partial charge >= 0.3 is 0 Å². The molecule has 0 unspecified atom stereocenters. The van der Waals surface area contributed by atoms with Crippen molar-refractivity contribution in [1.29, 1.82) is 0 Å². The minimum atomic E-state index is 0.501. The number of anilines is 1. The van der Waals surface area contributed by atoms with E-state index in [1.807, 2.05) is 12.1 Å². The highest BCUT2D eigenvalue weighted by Gasteiger charge is 2.32.